The fourth-order valence-corrected chi connectivity index (χ4v) is 3.19. The SMILES string of the molecule is CC1CC(C)C(C)N(c2ccc(F)cc2CCl)C1. The number of halogens is 2. The van der Waals surface area contributed by atoms with E-state index in [1.165, 1.54) is 12.5 Å². The van der Waals surface area contributed by atoms with Crippen LogP contribution in [-0.2, 0) is 5.88 Å². The van der Waals surface area contributed by atoms with Gasteiger partial charge in [0.05, 0.1) is 0 Å². The third-order valence-corrected chi connectivity index (χ3v) is 4.38. The lowest BCUT2D eigenvalue weighted by atomic mass is 9.85. The molecule has 0 bridgehead atoms. The van der Waals surface area contributed by atoms with E-state index in [4.69, 9.17) is 11.6 Å². The topological polar surface area (TPSA) is 3.24 Å². The minimum Gasteiger partial charge on any atom is -0.368 e. The average molecular weight is 270 g/mol. The van der Waals surface area contributed by atoms with Crippen molar-refractivity contribution in [2.24, 2.45) is 11.8 Å². The van der Waals surface area contributed by atoms with Gasteiger partial charge in [0.25, 0.3) is 0 Å². The Bertz CT molecular complexity index is 421. The maximum Gasteiger partial charge on any atom is 0.123 e. The first kappa shape index (κ1) is 13.7. The number of alkyl halides is 1. The summed E-state index contributed by atoms with van der Waals surface area (Å²) in [5.41, 5.74) is 1.99. The van der Waals surface area contributed by atoms with E-state index in [2.05, 4.69) is 25.7 Å². The highest BCUT2D eigenvalue weighted by molar-refractivity contribution is 6.17. The van der Waals surface area contributed by atoms with Crippen molar-refractivity contribution in [1.29, 1.82) is 0 Å². The van der Waals surface area contributed by atoms with E-state index in [1.54, 1.807) is 6.07 Å². The number of rotatable bonds is 2. The molecular formula is C15H21ClFN. The fraction of sp³-hybridized carbons (Fsp3) is 0.600. The van der Waals surface area contributed by atoms with Gasteiger partial charge in [-0.25, -0.2) is 4.39 Å². The van der Waals surface area contributed by atoms with Gasteiger partial charge < -0.3 is 4.90 Å². The van der Waals surface area contributed by atoms with Crippen LogP contribution in [0.2, 0.25) is 0 Å². The molecule has 0 amide bonds. The molecule has 0 saturated carbocycles. The zero-order chi connectivity index (χ0) is 13.3. The van der Waals surface area contributed by atoms with Crippen LogP contribution in [-0.4, -0.2) is 12.6 Å². The lowest BCUT2D eigenvalue weighted by Crippen LogP contribution is -2.46. The molecule has 1 aliphatic heterocycles. The van der Waals surface area contributed by atoms with Gasteiger partial charge in [0.2, 0.25) is 0 Å². The van der Waals surface area contributed by atoms with Crippen LogP contribution < -0.4 is 4.90 Å². The molecule has 1 saturated heterocycles. The molecule has 3 heteroatoms. The number of hydrogen-bond acceptors (Lipinski definition) is 1. The highest BCUT2D eigenvalue weighted by Crippen LogP contribution is 2.33. The molecule has 1 aromatic rings. The summed E-state index contributed by atoms with van der Waals surface area (Å²) in [6, 6.07) is 5.43. The van der Waals surface area contributed by atoms with Gasteiger partial charge in [-0.05, 0) is 48.9 Å². The van der Waals surface area contributed by atoms with Gasteiger partial charge in [-0.1, -0.05) is 13.8 Å². The molecule has 1 heterocycles. The van der Waals surface area contributed by atoms with Crippen molar-refractivity contribution in [2.75, 3.05) is 11.4 Å². The molecule has 2 rings (SSSR count). The van der Waals surface area contributed by atoms with E-state index < -0.39 is 0 Å². The maximum atomic E-state index is 13.3. The van der Waals surface area contributed by atoms with Crippen molar-refractivity contribution < 1.29 is 4.39 Å². The van der Waals surface area contributed by atoms with E-state index in [1.807, 2.05) is 6.07 Å². The molecule has 18 heavy (non-hydrogen) atoms. The number of piperidine rings is 1. The summed E-state index contributed by atoms with van der Waals surface area (Å²) in [7, 11) is 0. The van der Waals surface area contributed by atoms with E-state index in [-0.39, 0.29) is 5.82 Å². The number of benzene rings is 1. The Labute approximate surface area is 114 Å². The van der Waals surface area contributed by atoms with Gasteiger partial charge in [0, 0.05) is 24.2 Å². The first-order chi connectivity index (χ1) is 8.52. The highest BCUT2D eigenvalue weighted by atomic mass is 35.5. The van der Waals surface area contributed by atoms with Crippen molar-refractivity contribution in [1.82, 2.24) is 0 Å². The molecule has 1 aromatic carbocycles. The van der Waals surface area contributed by atoms with Crippen LogP contribution >= 0.6 is 11.6 Å². The van der Waals surface area contributed by atoms with Crippen LogP contribution in [0.1, 0.15) is 32.8 Å². The summed E-state index contributed by atoms with van der Waals surface area (Å²) < 4.78 is 13.3. The number of anilines is 1. The van der Waals surface area contributed by atoms with Crippen molar-refractivity contribution in [3.8, 4) is 0 Å². The second-order valence-corrected chi connectivity index (χ2v) is 5.89. The largest absolute Gasteiger partial charge is 0.368 e. The van der Waals surface area contributed by atoms with Gasteiger partial charge in [-0.3, -0.25) is 0 Å². The molecule has 3 unspecified atom stereocenters. The number of hydrogen-bond donors (Lipinski definition) is 0. The Kier molecular flexibility index (Phi) is 4.16. The van der Waals surface area contributed by atoms with Crippen LogP contribution in [0.5, 0.6) is 0 Å². The van der Waals surface area contributed by atoms with Crippen molar-refractivity contribution >= 4 is 17.3 Å². The van der Waals surface area contributed by atoms with E-state index in [0.717, 1.165) is 17.8 Å². The molecule has 0 spiro atoms. The molecule has 3 atom stereocenters. The van der Waals surface area contributed by atoms with Gasteiger partial charge in [0.15, 0.2) is 0 Å². The maximum absolute atomic E-state index is 13.3. The van der Waals surface area contributed by atoms with Crippen LogP contribution in [0, 0.1) is 17.7 Å². The van der Waals surface area contributed by atoms with Gasteiger partial charge >= 0.3 is 0 Å². The summed E-state index contributed by atoms with van der Waals surface area (Å²) in [5, 5.41) is 0. The molecule has 0 aromatic heterocycles. The van der Waals surface area contributed by atoms with Crippen LogP contribution in [0.15, 0.2) is 18.2 Å². The van der Waals surface area contributed by atoms with Crippen molar-refractivity contribution in [3.05, 3.63) is 29.6 Å². The zero-order valence-corrected chi connectivity index (χ0v) is 12.0. The Morgan fingerprint density at radius 1 is 1.33 bits per heavy atom. The monoisotopic (exact) mass is 269 g/mol. The lowest BCUT2D eigenvalue weighted by molar-refractivity contribution is 0.296. The summed E-state index contributed by atoms with van der Waals surface area (Å²) in [6.07, 6.45) is 1.26. The van der Waals surface area contributed by atoms with Crippen LogP contribution in [0.4, 0.5) is 10.1 Å². The zero-order valence-electron chi connectivity index (χ0n) is 11.3. The smallest absolute Gasteiger partial charge is 0.123 e. The van der Waals surface area contributed by atoms with Crippen LogP contribution in [0.3, 0.4) is 0 Å². The predicted octanol–water partition coefficient (Wildman–Crippen LogP) is 4.44. The second kappa shape index (κ2) is 5.48. The summed E-state index contributed by atoms with van der Waals surface area (Å²) >= 11 is 5.95. The first-order valence-corrected chi connectivity index (χ1v) is 7.17. The van der Waals surface area contributed by atoms with Crippen molar-refractivity contribution in [2.45, 2.75) is 39.1 Å². The first-order valence-electron chi connectivity index (χ1n) is 6.64. The molecule has 100 valence electrons. The molecular weight excluding hydrogens is 249 g/mol. The molecule has 1 nitrogen and oxygen atoms in total. The third kappa shape index (κ3) is 2.64. The Hall–Kier alpha value is -0.760. The van der Waals surface area contributed by atoms with E-state index in [0.29, 0.717) is 23.8 Å². The Morgan fingerprint density at radius 2 is 2.06 bits per heavy atom. The van der Waals surface area contributed by atoms with Gasteiger partial charge in [-0.15, -0.1) is 11.6 Å². The fourth-order valence-electron chi connectivity index (χ4n) is 2.97. The molecule has 0 aliphatic carbocycles. The number of nitrogens with zero attached hydrogens (tertiary/aromatic N) is 1. The molecule has 1 fully saturated rings. The minimum atomic E-state index is -0.208. The van der Waals surface area contributed by atoms with E-state index in [9.17, 15) is 4.39 Å². The van der Waals surface area contributed by atoms with Crippen molar-refractivity contribution in [3.63, 3.8) is 0 Å². The van der Waals surface area contributed by atoms with Gasteiger partial charge in [0.1, 0.15) is 5.82 Å². The normalized spacial score (nSPS) is 28.5. The average Bonchev–Trinajstić information content (AvgIpc) is 2.34. The van der Waals surface area contributed by atoms with E-state index >= 15 is 0 Å². The Balaban J connectivity index is 2.34. The second-order valence-electron chi connectivity index (χ2n) is 5.62. The lowest BCUT2D eigenvalue weighted by Gasteiger charge is -2.43. The summed E-state index contributed by atoms with van der Waals surface area (Å²) in [4.78, 5) is 2.38. The quantitative estimate of drug-likeness (QED) is 0.718. The third-order valence-electron chi connectivity index (χ3n) is 4.09. The predicted molar refractivity (Wildman–Crippen MR) is 75.7 cm³/mol. The molecule has 0 N–H and O–H groups in total. The summed E-state index contributed by atoms with van der Waals surface area (Å²) in [5.74, 6) is 1.48. The summed E-state index contributed by atoms with van der Waals surface area (Å²) in [6.45, 7) is 7.84. The minimum absolute atomic E-state index is 0.208. The highest BCUT2D eigenvalue weighted by Gasteiger charge is 2.29. The Morgan fingerprint density at radius 3 is 2.72 bits per heavy atom. The molecule has 0 radical (unpaired) electrons. The van der Waals surface area contributed by atoms with Gasteiger partial charge in [-0.2, -0.15) is 0 Å². The molecule has 1 aliphatic rings. The van der Waals surface area contributed by atoms with Crippen LogP contribution in [0.25, 0.3) is 0 Å². The standard InChI is InChI=1S/C15H21ClFN/c1-10-6-11(2)12(3)18(9-10)15-5-4-14(17)7-13(15)8-16/h4-5,7,10-12H,6,8-9H2,1-3H3.